The van der Waals surface area contributed by atoms with Gasteiger partial charge in [0.15, 0.2) is 0 Å². The van der Waals surface area contributed by atoms with E-state index in [9.17, 15) is 24.6 Å². The van der Waals surface area contributed by atoms with Gasteiger partial charge in [0, 0.05) is 34.5 Å². The average molecular weight is 536 g/mol. The zero-order chi connectivity index (χ0) is 26.5. The SMILES string of the molecule is N#CC(=Cc1cn(Cc2ccc(F)cc2Cl)nc1-c1ccccc1)C(=O)Nc1cc([N+](=O)[O-])ccc1Cl. The molecule has 0 radical (unpaired) electrons. The Morgan fingerprint density at radius 2 is 1.89 bits per heavy atom. The van der Waals surface area contributed by atoms with Crippen molar-refractivity contribution in [1.29, 1.82) is 5.26 Å². The Morgan fingerprint density at radius 3 is 2.57 bits per heavy atom. The zero-order valence-electron chi connectivity index (χ0n) is 18.9. The molecule has 0 saturated heterocycles. The van der Waals surface area contributed by atoms with E-state index in [2.05, 4.69) is 10.4 Å². The molecule has 0 aliphatic rings. The Hall–Kier alpha value is -4.52. The van der Waals surface area contributed by atoms with Gasteiger partial charge in [0.05, 0.1) is 27.9 Å². The predicted molar refractivity (Wildman–Crippen MR) is 139 cm³/mol. The van der Waals surface area contributed by atoms with Crippen molar-refractivity contribution in [3.05, 3.63) is 116 Å². The van der Waals surface area contributed by atoms with Gasteiger partial charge in [-0.2, -0.15) is 10.4 Å². The molecule has 0 bridgehead atoms. The molecular formula is C26H16Cl2FN5O3. The number of nitriles is 1. The molecule has 8 nitrogen and oxygen atoms in total. The minimum Gasteiger partial charge on any atom is -0.320 e. The number of non-ortho nitro benzene ring substituents is 1. The van der Waals surface area contributed by atoms with E-state index in [1.165, 1.54) is 30.3 Å². The minimum absolute atomic E-state index is 0.00746. The van der Waals surface area contributed by atoms with Gasteiger partial charge < -0.3 is 5.32 Å². The fraction of sp³-hybridized carbons (Fsp3) is 0.0385. The number of amides is 1. The highest BCUT2D eigenvalue weighted by atomic mass is 35.5. The molecule has 0 saturated carbocycles. The zero-order valence-corrected chi connectivity index (χ0v) is 20.4. The van der Waals surface area contributed by atoms with Crippen LogP contribution in [0, 0.1) is 27.3 Å². The van der Waals surface area contributed by atoms with Gasteiger partial charge in [0.25, 0.3) is 11.6 Å². The lowest BCUT2D eigenvalue weighted by Gasteiger charge is -2.06. The number of nitrogens with zero attached hydrogens (tertiary/aromatic N) is 4. The van der Waals surface area contributed by atoms with Crippen molar-refractivity contribution in [1.82, 2.24) is 9.78 Å². The normalized spacial score (nSPS) is 11.1. The predicted octanol–water partition coefficient (Wildman–Crippen LogP) is 6.50. The number of nitro benzene ring substituents is 1. The summed E-state index contributed by atoms with van der Waals surface area (Å²) in [5.41, 5.74) is 1.76. The lowest BCUT2D eigenvalue weighted by Crippen LogP contribution is -2.14. The molecular weight excluding hydrogens is 520 g/mol. The summed E-state index contributed by atoms with van der Waals surface area (Å²) in [6.45, 7) is 0.212. The van der Waals surface area contributed by atoms with Crippen LogP contribution in [0.1, 0.15) is 11.1 Å². The van der Waals surface area contributed by atoms with Crippen LogP contribution in [-0.4, -0.2) is 20.6 Å². The topological polar surface area (TPSA) is 114 Å². The third-order valence-electron chi connectivity index (χ3n) is 5.26. The Bertz CT molecular complexity index is 1580. The van der Waals surface area contributed by atoms with E-state index in [-0.39, 0.29) is 33.5 Å². The smallest absolute Gasteiger partial charge is 0.271 e. The van der Waals surface area contributed by atoms with Crippen molar-refractivity contribution in [2.24, 2.45) is 0 Å². The summed E-state index contributed by atoms with van der Waals surface area (Å²) in [7, 11) is 0. The second-order valence-electron chi connectivity index (χ2n) is 7.78. The Labute approximate surface area is 220 Å². The van der Waals surface area contributed by atoms with Crippen molar-refractivity contribution >= 4 is 46.6 Å². The van der Waals surface area contributed by atoms with Crippen molar-refractivity contribution < 1.29 is 14.1 Å². The van der Waals surface area contributed by atoms with Crippen LogP contribution in [0.25, 0.3) is 17.3 Å². The standard InChI is InChI=1S/C26H16Cl2FN5O3/c27-22-9-8-21(34(36)37)12-24(22)31-26(35)18(13-30)10-19-15-33(14-17-6-7-20(29)11-23(17)28)32-25(19)16-4-2-1-3-5-16/h1-12,15H,14H2,(H,31,35). The number of carbonyl (C=O) groups excluding carboxylic acids is 1. The van der Waals surface area contributed by atoms with Crippen molar-refractivity contribution in [3.63, 3.8) is 0 Å². The largest absolute Gasteiger partial charge is 0.320 e. The lowest BCUT2D eigenvalue weighted by molar-refractivity contribution is -0.384. The molecule has 184 valence electrons. The highest BCUT2D eigenvalue weighted by Gasteiger charge is 2.18. The Balaban J connectivity index is 1.71. The highest BCUT2D eigenvalue weighted by Crippen LogP contribution is 2.29. The van der Waals surface area contributed by atoms with Crippen LogP contribution in [0.4, 0.5) is 15.8 Å². The van der Waals surface area contributed by atoms with Gasteiger partial charge in [0.1, 0.15) is 17.5 Å². The number of nitrogens with one attached hydrogen (secondary N) is 1. The summed E-state index contributed by atoms with van der Waals surface area (Å²) < 4.78 is 15.0. The van der Waals surface area contributed by atoms with Crippen LogP contribution in [0.3, 0.4) is 0 Å². The molecule has 4 rings (SSSR count). The van der Waals surface area contributed by atoms with Gasteiger partial charge in [0.2, 0.25) is 0 Å². The second kappa shape index (κ2) is 11.0. The Kier molecular flexibility index (Phi) is 7.63. The molecule has 1 heterocycles. The summed E-state index contributed by atoms with van der Waals surface area (Å²) in [5.74, 6) is -1.27. The number of nitro groups is 1. The third-order valence-corrected chi connectivity index (χ3v) is 5.94. The maximum absolute atomic E-state index is 13.5. The molecule has 4 aromatic rings. The minimum atomic E-state index is -0.807. The van der Waals surface area contributed by atoms with Crippen LogP contribution in [0.2, 0.25) is 10.0 Å². The van der Waals surface area contributed by atoms with Crippen molar-refractivity contribution in [2.45, 2.75) is 6.54 Å². The molecule has 0 spiro atoms. The van der Waals surface area contributed by atoms with E-state index in [1.807, 2.05) is 36.4 Å². The van der Waals surface area contributed by atoms with E-state index in [0.29, 0.717) is 16.8 Å². The van der Waals surface area contributed by atoms with Crippen LogP contribution < -0.4 is 5.32 Å². The van der Waals surface area contributed by atoms with Gasteiger partial charge >= 0.3 is 0 Å². The number of carbonyl (C=O) groups is 1. The number of halogens is 3. The first-order valence-corrected chi connectivity index (χ1v) is 11.4. The summed E-state index contributed by atoms with van der Waals surface area (Å²) in [5, 5.41) is 28.1. The summed E-state index contributed by atoms with van der Waals surface area (Å²) in [6, 6.07) is 18.6. The van der Waals surface area contributed by atoms with Crippen LogP contribution >= 0.6 is 23.2 Å². The highest BCUT2D eigenvalue weighted by molar-refractivity contribution is 6.34. The summed E-state index contributed by atoms with van der Waals surface area (Å²) in [4.78, 5) is 23.3. The molecule has 11 heteroatoms. The fourth-order valence-electron chi connectivity index (χ4n) is 3.48. The summed E-state index contributed by atoms with van der Waals surface area (Å²) >= 11 is 12.2. The van der Waals surface area contributed by atoms with E-state index < -0.39 is 16.6 Å². The number of hydrogen-bond acceptors (Lipinski definition) is 5. The first kappa shape index (κ1) is 25.6. The van der Waals surface area contributed by atoms with Gasteiger partial charge in [-0.3, -0.25) is 19.6 Å². The van der Waals surface area contributed by atoms with Gasteiger partial charge in [-0.25, -0.2) is 4.39 Å². The van der Waals surface area contributed by atoms with Crippen molar-refractivity contribution in [2.75, 3.05) is 5.32 Å². The Morgan fingerprint density at radius 1 is 1.14 bits per heavy atom. The quantitative estimate of drug-likeness (QED) is 0.125. The molecule has 3 aromatic carbocycles. The third kappa shape index (κ3) is 6.01. The van der Waals surface area contributed by atoms with Gasteiger partial charge in [-0.05, 0) is 29.8 Å². The molecule has 0 atom stereocenters. The monoisotopic (exact) mass is 535 g/mol. The van der Waals surface area contributed by atoms with Crippen LogP contribution in [0.5, 0.6) is 0 Å². The van der Waals surface area contributed by atoms with Crippen molar-refractivity contribution in [3.8, 4) is 17.3 Å². The number of rotatable bonds is 7. The summed E-state index contributed by atoms with van der Waals surface area (Å²) in [6.07, 6.45) is 2.99. The molecule has 1 N–H and O–H groups in total. The number of hydrogen-bond donors (Lipinski definition) is 1. The maximum Gasteiger partial charge on any atom is 0.271 e. The molecule has 0 fully saturated rings. The molecule has 37 heavy (non-hydrogen) atoms. The van der Waals surface area contributed by atoms with Gasteiger partial charge in [-0.1, -0.05) is 59.6 Å². The molecule has 0 unspecified atom stereocenters. The first-order valence-electron chi connectivity index (χ1n) is 10.7. The fourth-order valence-corrected chi connectivity index (χ4v) is 3.88. The number of benzene rings is 3. The number of aromatic nitrogens is 2. The maximum atomic E-state index is 13.5. The van der Waals surface area contributed by atoms with E-state index >= 15 is 0 Å². The van der Waals surface area contributed by atoms with E-state index in [0.717, 1.165) is 11.6 Å². The molecule has 0 aliphatic carbocycles. The van der Waals surface area contributed by atoms with E-state index in [4.69, 9.17) is 23.2 Å². The molecule has 0 aliphatic heterocycles. The molecule has 1 aromatic heterocycles. The van der Waals surface area contributed by atoms with E-state index in [1.54, 1.807) is 16.9 Å². The average Bonchev–Trinajstić information content (AvgIpc) is 3.28. The van der Waals surface area contributed by atoms with Crippen LogP contribution in [0.15, 0.2) is 78.5 Å². The lowest BCUT2D eigenvalue weighted by atomic mass is 10.1. The second-order valence-corrected chi connectivity index (χ2v) is 8.59. The molecule has 1 amide bonds. The number of anilines is 1. The van der Waals surface area contributed by atoms with Crippen LogP contribution in [-0.2, 0) is 11.3 Å². The first-order chi connectivity index (χ1) is 17.7. The van der Waals surface area contributed by atoms with Gasteiger partial charge in [-0.15, -0.1) is 0 Å².